The zero-order valence-corrected chi connectivity index (χ0v) is 81.8. The van der Waals surface area contributed by atoms with E-state index in [9.17, 15) is 43.2 Å². The molecule has 9 N–H and O–H groups in total. The molecular weight excluding hydrogens is 1780 g/mol. The zero-order chi connectivity index (χ0) is 95.6. The number of para-hydroxylation sites is 5. The topological polar surface area (TPSA) is 325 Å². The van der Waals surface area contributed by atoms with Crippen molar-refractivity contribution in [1.29, 1.82) is 0 Å². The van der Waals surface area contributed by atoms with E-state index in [0.29, 0.717) is 172 Å². The summed E-state index contributed by atoms with van der Waals surface area (Å²) in [5.74, 6) is -1.27. The largest absolute Gasteiger partial charge is 0.367 e. The van der Waals surface area contributed by atoms with Crippen LogP contribution in [-0.2, 0) is 41.7 Å². The van der Waals surface area contributed by atoms with Crippen LogP contribution in [0.5, 0.6) is 0 Å². The van der Waals surface area contributed by atoms with Gasteiger partial charge in [-0.1, -0.05) is 135 Å². The molecule has 5 unspecified atom stereocenters. The number of carbonyl (C=O) groups is 8. The van der Waals surface area contributed by atoms with Crippen LogP contribution in [0.3, 0.4) is 0 Å². The first-order valence-electron chi connectivity index (χ1n) is 48.4. The van der Waals surface area contributed by atoms with Crippen LogP contribution in [-0.4, -0.2) is 252 Å². The second kappa shape index (κ2) is 41.7. The van der Waals surface area contributed by atoms with Gasteiger partial charge in [0.05, 0.1) is 38.3 Å². The molecule has 135 heavy (non-hydrogen) atoms. The third-order valence-electron chi connectivity index (χ3n) is 28.5. The van der Waals surface area contributed by atoms with Gasteiger partial charge < -0.3 is 81.7 Å². The Kier molecular flexibility index (Phi) is 30.3. The van der Waals surface area contributed by atoms with Crippen molar-refractivity contribution in [3.05, 3.63) is 177 Å². The summed E-state index contributed by atoms with van der Waals surface area (Å²) in [6, 6.07) is 34.6. The van der Waals surface area contributed by atoms with Gasteiger partial charge in [0.2, 0.25) is 35.4 Å². The Morgan fingerprint density at radius 2 is 0.778 bits per heavy atom. The highest BCUT2D eigenvalue weighted by atomic mass is 32.2. The minimum atomic E-state index is -0.551. The van der Waals surface area contributed by atoms with Crippen LogP contribution in [0.15, 0.2) is 126 Å². The van der Waals surface area contributed by atoms with Gasteiger partial charge >= 0.3 is 17.8 Å². The van der Waals surface area contributed by atoms with E-state index in [2.05, 4.69) is 89.0 Å². The minimum absolute atomic E-state index is 0. The molecule has 34 heteroatoms. The van der Waals surface area contributed by atoms with E-state index in [0.717, 1.165) is 89.7 Å². The molecule has 0 aliphatic carbocycles. The molecule has 0 radical (unpaired) electrons. The van der Waals surface area contributed by atoms with E-state index in [4.69, 9.17) is 17.2 Å². The van der Waals surface area contributed by atoms with Gasteiger partial charge in [0.1, 0.15) is 33.6 Å². The number of piperidine rings is 3. The van der Waals surface area contributed by atoms with Crippen molar-refractivity contribution in [1.82, 2.24) is 53.7 Å². The highest BCUT2D eigenvalue weighted by Gasteiger charge is 2.50. The number of rotatable bonds is 21. The van der Waals surface area contributed by atoms with E-state index >= 15 is 13.2 Å². The van der Waals surface area contributed by atoms with Crippen LogP contribution in [0.2, 0.25) is 0 Å². The quantitative estimate of drug-likeness (QED) is 0.0389. The molecule has 11 aliphatic heterocycles. The lowest BCUT2D eigenvalue weighted by atomic mass is 9.92. The second-order valence-corrected chi connectivity index (χ2v) is 45.7. The van der Waals surface area contributed by atoms with Gasteiger partial charge in [0.15, 0.2) is 5.65 Å². The molecule has 746 valence electrons. The first-order valence-corrected chi connectivity index (χ1v) is 51.2. The number of carbonyl (C=O) groups excluding carboxylic acids is 8. The van der Waals surface area contributed by atoms with E-state index in [1.165, 1.54) is 53.5 Å². The van der Waals surface area contributed by atoms with Gasteiger partial charge in [-0.2, -0.15) is 0 Å². The molecule has 9 atom stereocenters. The average molecular weight is 1930 g/mol. The number of aromatic nitrogens is 3. The molecule has 10 amide bonds. The summed E-state index contributed by atoms with van der Waals surface area (Å²) in [6.07, 6.45) is 11.6. The summed E-state index contributed by atoms with van der Waals surface area (Å²) in [5.41, 5.74) is 27.5. The molecule has 5 aromatic carbocycles. The van der Waals surface area contributed by atoms with E-state index in [-0.39, 0.29) is 167 Å². The van der Waals surface area contributed by atoms with Gasteiger partial charge in [-0.25, -0.2) is 32.5 Å². The normalized spacial score (nSPS) is 24.0. The maximum absolute atomic E-state index is 15.4. The van der Waals surface area contributed by atoms with Crippen molar-refractivity contribution in [3.63, 3.8) is 0 Å². The molecule has 0 bridgehead atoms. The molecule has 0 saturated carbocycles. The van der Waals surface area contributed by atoms with Crippen LogP contribution in [0, 0.1) is 33.7 Å². The van der Waals surface area contributed by atoms with Crippen LogP contribution in [0.4, 0.5) is 51.2 Å². The standard InChI is InChI=1S/C35H47FN6O3S.C34H45FN6O3S.C32H42FN7O3S.10H2/c1-35(2,3)15-20-42-32(44)29(46-33(42)26-8-6-9-27(36)31(26)40-16-12-24(37)22-40)21-30(43)39-17-13-25(14-18-39)41-19-11-23-7-4-5-10-28(23)38-34(41)45;1-34(2,3)14-18-40-31(43)28(45-32(40)25-8-6-9-26(35)30(25)39-15-11-23(36)21-39)19-29(42)38-16-12-24(13-17-38)41-20-22-7-4-5-10-27(22)37-33(41)44;1-32(2,3)12-17-39-29(42)25(44-30(39)22-6-4-7-23(33)27(22)38-14-9-20(34)19-38)18-26(41)37-15-10-21(11-16-37)40-24-8-5-13-35-28(24)36-31(40)43;;;;;;;;;;/h4-10,24-25,29,33H,11-22,37H2,1-3H3,(H,38,45);4-10,23-24,28,32H,11-21,36H2,1-3H3,(H,37,44);4-8,13,20-21,25,30H,9-12,14-19,34H2,1-3H3,(H,35,36,43);10*1H/t24?,29-,33?;23?,28-,32?;20?,25-,30-;;;;;;;;;;/m000........../s1. The van der Waals surface area contributed by atoms with E-state index in [1.54, 1.807) is 29.0 Å². The Morgan fingerprint density at radius 1 is 0.422 bits per heavy atom. The van der Waals surface area contributed by atoms with E-state index < -0.39 is 21.1 Å². The number of nitrogens with two attached hydrogens (primary N) is 3. The molecular formula is C101H154F3N19O9S3. The summed E-state index contributed by atoms with van der Waals surface area (Å²) in [7, 11) is 0. The number of benzene rings is 5. The Labute approximate surface area is 818 Å². The highest BCUT2D eigenvalue weighted by Crippen LogP contribution is 2.53. The third-order valence-corrected chi connectivity index (χ3v) is 32.8. The highest BCUT2D eigenvalue weighted by molar-refractivity contribution is 8.01. The Balaban J connectivity index is 0.000000321. The van der Waals surface area contributed by atoms with Crippen molar-refractivity contribution in [2.75, 3.05) is 130 Å². The predicted octanol–water partition coefficient (Wildman–Crippen LogP) is 16.9. The number of fused-ring (bicyclic) bond motifs is 3. The Morgan fingerprint density at radius 3 is 1.16 bits per heavy atom. The number of hydrogen-bond donors (Lipinski definition) is 6. The summed E-state index contributed by atoms with van der Waals surface area (Å²) in [5, 5.41) is 3.26. The number of pyridine rings is 1. The number of nitrogens with one attached hydrogen (secondary N) is 3. The average Bonchev–Trinajstić information content (AvgIpc) is 1.63. The van der Waals surface area contributed by atoms with Crippen LogP contribution >= 0.6 is 35.3 Å². The summed E-state index contributed by atoms with van der Waals surface area (Å²) in [4.78, 5) is 149. The number of urea groups is 2. The van der Waals surface area contributed by atoms with Crippen molar-refractivity contribution in [2.24, 2.45) is 33.4 Å². The van der Waals surface area contributed by atoms with Crippen LogP contribution in [0.25, 0.3) is 11.2 Å². The van der Waals surface area contributed by atoms with Crippen LogP contribution in [0.1, 0.15) is 223 Å². The SMILES string of the molecule is CC(C)(C)CCN1C(=O)[C@H](CC(=O)N2CCC(N3CCc4ccccc4NC3=O)CC2)SC1c1cccc(F)c1N1CCC(N)C1.CC(C)(C)CCN1C(=O)[C@H](CC(=O)N2CCC(N3Cc4ccccc4NC3=O)CC2)SC1c1cccc(F)c1N1CCC(N)C1.CC(C)(C)CCN1C(=O)[C@H](CC(=O)N2CCC(n3c(=O)[nH]c4ncccc43)CC2)S[C@H]1c1cccc(F)c1N1CCC(N)C1.[HH].[HH].[HH].[HH].[HH].[HH].[HH].[HH].[HH].[HH]. The van der Waals surface area contributed by atoms with Gasteiger partial charge in [-0.15, -0.1) is 35.3 Å². The monoisotopic (exact) mass is 1930 g/mol. The molecule has 18 rings (SSSR count). The zero-order valence-electron chi connectivity index (χ0n) is 79.4. The van der Waals surface area contributed by atoms with Crippen molar-refractivity contribution in [3.8, 4) is 0 Å². The fraction of sp³-hybridized carbons (Fsp3) is 0.564. The van der Waals surface area contributed by atoms with Gasteiger partial charge in [-0.05, 0) is 153 Å². The smallest absolute Gasteiger partial charge is 0.327 e. The number of amides is 10. The second-order valence-electron chi connectivity index (χ2n) is 41.8. The first-order chi connectivity index (χ1) is 64.5. The lowest BCUT2D eigenvalue weighted by Gasteiger charge is -2.40. The number of imidazole rings is 1. The van der Waals surface area contributed by atoms with Crippen molar-refractivity contribution in [2.45, 2.75) is 240 Å². The number of thioether (sulfide) groups is 3. The van der Waals surface area contributed by atoms with Gasteiger partial charge in [0.25, 0.3) is 0 Å². The predicted molar refractivity (Wildman–Crippen MR) is 550 cm³/mol. The third kappa shape index (κ3) is 22.7. The molecule has 7 aromatic rings. The van der Waals surface area contributed by atoms with Gasteiger partial charge in [0, 0.05) is 215 Å². The molecule has 28 nitrogen and oxygen atoms in total. The number of aromatic amines is 1. The van der Waals surface area contributed by atoms with Crippen molar-refractivity contribution < 1.29 is 65.8 Å². The fourth-order valence-corrected chi connectivity index (χ4v) is 25.3. The number of halogens is 3. The molecule has 13 heterocycles. The minimum Gasteiger partial charge on any atom is -0.367 e. The molecule has 9 fully saturated rings. The molecule has 2 aromatic heterocycles. The number of hydrogen-bond acceptors (Lipinski definition) is 19. The maximum atomic E-state index is 15.4. The lowest BCUT2D eigenvalue weighted by molar-refractivity contribution is -0.137. The number of H-pyrrole nitrogens is 1. The Bertz CT molecular complexity index is 5600. The molecule has 0 spiro atoms. The number of likely N-dealkylation sites (tertiary alicyclic amines) is 3. The Hall–Kier alpha value is -10.0. The summed E-state index contributed by atoms with van der Waals surface area (Å²) < 4.78 is 48.0. The molecule has 9 saturated heterocycles. The lowest BCUT2D eigenvalue weighted by Crippen LogP contribution is -2.51. The maximum Gasteiger partial charge on any atom is 0.327 e. The van der Waals surface area contributed by atoms with Gasteiger partial charge in [-0.3, -0.25) is 38.3 Å². The molecule has 11 aliphatic rings. The first kappa shape index (κ1) is 98.1. The van der Waals surface area contributed by atoms with Crippen molar-refractivity contribution >= 4 is 122 Å². The number of anilines is 5. The fourth-order valence-electron chi connectivity index (χ4n) is 20.8. The summed E-state index contributed by atoms with van der Waals surface area (Å²) >= 11 is 4.39. The number of nitrogens with zero attached hydrogens (tertiary/aromatic N) is 13. The van der Waals surface area contributed by atoms with E-state index in [1.807, 2.05) is 127 Å². The summed E-state index contributed by atoms with van der Waals surface area (Å²) in [6.45, 7) is 29.0. The van der Waals surface area contributed by atoms with Crippen LogP contribution < -0.4 is 48.2 Å².